The van der Waals surface area contributed by atoms with E-state index in [1.807, 2.05) is 0 Å². The summed E-state index contributed by atoms with van der Waals surface area (Å²) >= 11 is 3.32. The summed E-state index contributed by atoms with van der Waals surface area (Å²) in [5, 5.41) is 0. The fraction of sp³-hybridized carbons (Fsp3) is 0.429. The van der Waals surface area contributed by atoms with E-state index in [0.29, 0.717) is 11.4 Å². The van der Waals surface area contributed by atoms with Crippen LogP contribution in [-0.2, 0) is 10.0 Å². The Kier molecular flexibility index (Phi) is 7.51. The van der Waals surface area contributed by atoms with Gasteiger partial charge in [-0.2, -0.15) is 0 Å². The first-order chi connectivity index (χ1) is 13.4. The standard InChI is InChI=1S/C21H28BrN3O2S/c1-18-5-4-6-20(17-18)25-15-13-24(14-16-25)12-3-2-11-23-28(26,27)21-9-7-19(22)8-10-21/h4-10,17,23H,2-3,11-16H2,1H3. The van der Waals surface area contributed by atoms with E-state index >= 15 is 0 Å². The number of nitrogens with one attached hydrogen (secondary N) is 1. The van der Waals surface area contributed by atoms with E-state index in [-0.39, 0.29) is 0 Å². The van der Waals surface area contributed by atoms with Crippen molar-refractivity contribution in [3.8, 4) is 0 Å². The first kappa shape index (κ1) is 21.3. The van der Waals surface area contributed by atoms with Crippen molar-refractivity contribution in [3.05, 3.63) is 58.6 Å². The highest BCUT2D eigenvalue weighted by Crippen LogP contribution is 2.18. The molecule has 3 rings (SSSR count). The highest BCUT2D eigenvalue weighted by molar-refractivity contribution is 9.10. The van der Waals surface area contributed by atoms with Crippen LogP contribution >= 0.6 is 15.9 Å². The molecular weight excluding hydrogens is 438 g/mol. The second-order valence-electron chi connectivity index (χ2n) is 7.23. The zero-order valence-electron chi connectivity index (χ0n) is 16.3. The number of benzene rings is 2. The number of unbranched alkanes of at least 4 members (excludes halogenated alkanes) is 1. The summed E-state index contributed by atoms with van der Waals surface area (Å²) in [7, 11) is -3.41. The molecule has 2 aromatic rings. The van der Waals surface area contributed by atoms with Crippen molar-refractivity contribution in [2.75, 3.05) is 44.2 Å². The van der Waals surface area contributed by atoms with E-state index in [0.717, 1.165) is 50.0 Å². The number of anilines is 1. The lowest BCUT2D eigenvalue weighted by Gasteiger charge is -2.36. The minimum absolute atomic E-state index is 0.308. The Morgan fingerprint density at radius 3 is 2.39 bits per heavy atom. The van der Waals surface area contributed by atoms with Crippen molar-refractivity contribution in [2.24, 2.45) is 0 Å². The summed E-state index contributed by atoms with van der Waals surface area (Å²) in [6.45, 7) is 7.81. The minimum Gasteiger partial charge on any atom is -0.369 e. The van der Waals surface area contributed by atoms with E-state index in [9.17, 15) is 8.42 Å². The lowest BCUT2D eigenvalue weighted by molar-refractivity contribution is 0.253. The second kappa shape index (κ2) is 9.87. The van der Waals surface area contributed by atoms with E-state index in [2.05, 4.69) is 61.6 Å². The maximum absolute atomic E-state index is 12.3. The van der Waals surface area contributed by atoms with Crippen LogP contribution in [0, 0.1) is 6.92 Å². The maximum atomic E-state index is 12.3. The summed E-state index contributed by atoms with van der Waals surface area (Å²) in [6, 6.07) is 15.4. The molecule has 7 heteroatoms. The van der Waals surface area contributed by atoms with Gasteiger partial charge < -0.3 is 4.90 Å². The van der Waals surface area contributed by atoms with Gasteiger partial charge in [0.1, 0.15) is 0 Å². The zero-order chi connectivity index (χ0) is 20.0. The molecule has 0 unspecified atom stereocenters. The van der Waals surface area contributed by atoms with E-state index in [1.165, 1.54) is 11.3 Å². The van der Waals surface area contributed by atoms with Gasteiger partial charge in [-0.15, -0.1) is 0 Å². The molecule has 0 aromatic heterocycles. The Morgan fingerprint density at radius 2 is 1.71 bits per heavy atom. The highest BCUT2D eigenvalue weighted by atomic mass is 79.9. The van der Waals surface area contributed by atoms with Crippen LogP contribution in [0.4, 0.5) is 5.69 Å². The number of aryl methyl sites for hydroxylation is 1. The van der Waals surface area contributed by atoms with Crippen LogP contribution in [0.15, 0.2) is 57.9 Å². The molecule has 5 nitrogen and oxygen atoms in total. The van der Waals surface area contributed by atoms with Crippen LogP contribution in [0.3, 0.4) is 0 Å². The van der Waals surface area contributed by atoms with Crippen LogP contribution in [0.5, 0.6) is 0 Å². The molecule has 0 spiro atoms. The molecule has 0 atom stereocenters. The maximum Gasteiger partial charge on any atom is 0.240 e. The summed E-state index contributed by atoms with van der Waals surface area (Å²) in [4.78, 5) is 5.22. The molecule has 1 aliphatic rings. The molecule has 1 heterocycles. The lowest BCUT2D eigenvalue weighted by atomic mass is 10.2. The van der Waals surface area contributed by atoms with Gasteiger partial charge in [-0.05, 0) is 68.3 Å². The van der Waals surface area contributed by atoms with Gasteiger partial charge in [0, 0.05) is 42.9 Å². The number of sulfonamides is 1. The fourth-order valence-electron chi connectivity index (χ4n) is 3.42. The summed E-state index contributed by atoms with van der Waals surface area (Å²) in [5.41, 5.74) is 2.60. The van der Waals surface area contributed by atoms with Crippen LogP contribution in [0.2, 0.25) is 0 Å². The molecule has 1 saturated heterocycles. The van der Waals surface area contributed by atoms with E-state index < -0.39 is 10.0 Å². The quantitative estimate of drug-likeness (QED) is 0.604. The topological polar surface area (TPSA) is 52.6 Å². The van der Waals surface area contributed by atoms with Gasteiger partial charge in [0.25, 0.3) is 0 Å². The first-order valence-electron chi connectivity index (χ1n) is 9.73. The van der Waals surface area contributed by atoms with Crippen LogP contribution in [0.1, 0.15) is 18.4 Å². The van der Waals surface area contributed by atoms with Crippen molar-refractivity contribution < 1.29 is 8.42 Å². The summed E-state index contributed by atoms with van der Waals surface area (Å²) < 4.78 is 28.1. The number of hydrogen-bond donors (Lipinski definition) is 1. The Bertz CT molecular complexity index is 863. The molecule has 0 bridgehead atoms. The first-order valence-corrected chi connectivity index (χ1v) is 12.0. The lowest BCUT2D eigenvalue weighted by Crippen LogP contribution is -2.46. The number of nitrogens with zero attached hydrogens (tertiary/aromatic N) is 2. The molecule has 0 amide bonds. The predicted molar refractivity (Wildman–Crippen MR) is 118 cm³/mol. The van der Waals surface area contributed by atoms with Crippen molar-refractivity contribution in [3.63, 3.8) is 0 Å². The van der Waals surface area contributed by atoms with E-state index in [4.69, 9.17) is 0 Å². The summed E-state index contributed by atoms with van der Waals surface area (Å²) in [5.74, 6) is 0. The Morgan fingerprint density at radius 1 is 1.00 bits per heavy atom. The van der Waals surface area contributed by atoms with Crippen molar-refractivity contribution in [2.45, 2.75) is 24.7 Å². The number of hydrogen-bond acceptors (Lipinski definition) is 4. The third kappa shape index (κ3) is 6.04. The van der Waals surface area contributed by atoms with Crippen LogP contribution in [-0.4, -0.2) is 52.6 Å². The molecule has 0 radical (unpaired) electrons. The third-order valence-corrected chi connectivity index (χ3v) is 7.06. The van der Waals surface area contributed by atoms with Gasteiger partial charge in [-0.3, -0.25) is 4.90 Å². The average molecular weight is 466 g/mol. The van der Waals surface area contributed by atoms with Crippen LogP contribution < -0.4 is 9.62 Å². The molecule has 1 fully saturated rings. The van der Waals surface area contributed by atoms with Crippen molar-refractivity contribution in [1.82, 2.24) is 9.62 Å². The minimum atomic E-state index is -3.41. The number of rotatable bonds is 8. The van der Waals surface area contributed by atoms with Gasteiger partial charge in [-0.25, -0.2) is 13.1 Å². The Balaban J connectivity index is 1.34. The Hall–Kier alpha value is -1.41. The zero-order valence-corrected chi connectivity index (χ0v) is 18.7. The van der Waals surface area contributed by atoms with Gasteiger partial charge >= 0.3 is 0 Å². The molecule has 152 valence electrons. The summed E-state index contributed by atoms with van der Waals surface area (Å²) in [6.07, 6.45) is 1.83. The molecule has 2 aromatic carbocycles. The molecule has 1 aliphatic heterocycles. The molecule has 0 saturated carbocycles. The third-order valence-electron chi connectivity index (χ3n) is 5.06. The molecule has 28 heavy (non-hydrogen) atoms. The fourth-order valence-corrected chi connectivity index (χ4v) is 4.76. The van der Waals surface area contributed by atoms with Gasteiger partial charge in [0.2, 0.25) is 10.0 Å². The Labute approximate surface area is 176 Å². The van der Waals surface area contributed by atoms with Crippen LogP contribution in [0.25, 0.3) is 0 Å². The SMILES string of the molecule is Cc1cccc(N2CCN(CCCCNS(=O)(=O)c3ccc(Br)cc3)CC2)c1. The molecule has 0 aliphatic carbocycles. The monoisotopic (exact) mass is 465 g/mol. The smallest absolute Gasteiger partial charge is 0.240 e. The van der Waals surface area contributed by atoms with Gasteiger partial charge in [0.05, 0.1) is 4.90 Å². The van der Waals surface area contributed by atoms with Crippen molar-refractivity contribution in [1.29, 1.82) is 0 Å². The van der Waals surface area contributed by atoms with E-state index in [1.54, 1.807) is 24.3 Å². The largest absolute Gasteiger partial charge is 0.369 e. The highest BCUT2D eigenvalue weighted by Gasteiger charge is 2.17. The van der Waals surface area contributed by atoms with Gasteiger partial charge in [0.15, 0.2) is 0 Å². The average Bonchev–Trinajstić information content (AvgIpc) is 2.68. The molecule has 1 N–H and O–H groups in total. The second-order valence-corrected chi connectivity index (χ2v) is 9.91. The normalized spacial score (nSPS) is 15.7. The van der Waals surface area contributed by atoms with Gasteiger partial charge in [-0.1, -0.05) is 28.1 Å². The number of piperazine rings is 1. The van der Waals surface area contributed by atoms with Crippen molar-refractivity contribution >= 4 is 31.6 Å². The number of halogens is 1. The predicted octanol–water partition coefficient (Wildman–Crippen LogP) is 3.64. The molecular formula is C21H28BrN3O2S.